The Labute approximate surface area is 155 Å². The number of hydrogen-bond donors (Lipinski definition) is 0. The Kier molecular flexibility index (Phi) is 6.52. The normalized spacial score (nSPS) is 10.5. The summed E-state index contributed by atoms with van der Waals surface area (Å²) in [6.07, 6.45) is 1.20. The molecule has 0 saturated heterocycles. The molecule has 0 radical (unpaired) electrons. The highest BCUT2D eigenvalue weighted by Gasteiger charge is 2.20. The standard InChI is InChI=1S/C18H19ClO7/c1-10(2)26-16-13(19)7-11(8-14(16)22-3)17(20)25-9-15-12(5-6-24-15)18(21)23-4/h5-8,10H,9H2,1-4H3. The highest BCUT2D eigenvalue weighted by molar-refractivity contribution is 6.32. The van der Waals surface area contributed by atoms with Gasteiger partial charge in [-0.2, -0.15) is 0 Å². The molecule has 0 N–H and O–H groups in total. The number of halogens is 1. The zero-order chi connectivity index (χ0) is 19.3. The molecule has 2 aromatic rings. The molecule has 0 aliphatic heterocycles. The predicted molar refractivity (Wildman–Crippen MR) is 92.9 cm³/mol. The number of methoxy groups -OCH3 is 2. The van der Waals surface area contributed by atoms with Gasteiger partial charge < -0.3 is 23.4 Å². The Morgan fingerprint density at radius 1 is 1.19 bits per heavy atom. The third-order valence-electron chi connectivity index (χ3n) is 3.30. The number of rotatable bonds is 7. The van der Waals surface area contributed by atoms with E-state index in [2.05, 4.69) is 4.74 Å². The minimum Gasteiger partial charge on any atom is -0.493 e. The fourth-order valence-electron chi connectivity index (χ4n) is 2.15. The first-order valence-electron chi connectivity index (χ1n) is 7.73. The summed E-state index contributed by atoms with van der Waals surface area (Å²) in [6, 6.07) is 4.33. The van der Waals surface area contributed by atoms with E-state index in [0.29, 0.717) is 11.5 Å². The number of furan rings is 1. The van der Waals surface area contributed by atoms with E-state index in [1.54, 1.807) is 0 Å². The molecular weight excluding hydrogens is 364 g/mol. The molecule has 0 saturated carbocycles. The monoisotopic (exact) mass is 382 g/mol. The van der Waals surface area contributed by atoms with Gasteiger partial charge in [0.05, 0.1) is 37.2 Å². The van der Waals surface area contributed by atoms with Crippen molar-refractivity contribution in [3.63, 3.8) is 0 Å². The zero-order valence-electron chi connectivity index (χ0n) is 14.8. The van der Waals surface area contributed by atoms with Gasteiger partial charge in [0.15, 0.2) is 23.9 Å². The lowest BCUT2D eigenvalue weighted by molar-refractivity contribution is 0.0432. The van der Waals surface area contributed by atoms with E-state index in [0.717, 1.165) is 0 Å². The zero-order valence-corrected chi connectivity index (χ0v) is 15.6. The second-order valence-corrected chi connectivity index (χ2v) is 5.89. The molecule has 1 aromatic heterocycles. The lowest BCUT2D eigenvalue weighted by atomic mass is 10.2. The molecule has 0 spiro atoms. The molecule has 1 aromatic carbocycles. The molecule has 1 heterocycles. The van der Waals surface area contributed by atoms with Crippen molar-refractivity contribution in [3.8, 4) is 11.5 Å². The smallest absolute Gasteiger partial charge is 0.341 e. The minimum absolute atomic E-state index is 0.116. The van der Waals surface area contributed by atoms with Gasteiger partial charge >= 0.3 is 11.9 Å². The number of carbonyl (C=O) groups excluding carboxylic acids is 2. The highest BCUT2D eigenvalue weighted by Crippen LogP contribution is 2.37. The summed E-state index contributed by atoms with van der Waals surface area (Å²) in [4.78, 5) is 23.9. The van der Waals surface area contributed by atoms with Crippen LogP contribution in [0.25, 0.3) is 0 Å². The van der Waals surface area contributed by atoms with E-state index in [4.69, 9.17) is 30.2 Å². The molecule has 140 valence electrons. The van der Waals surface area contributed by atoms with Crippen LogP contribution in [0.3, 0.4) is 0 Å². The Hall–Kier alpha value is -2.67. The van der Waals surface area contributed by atoms with E-state index in [1.807, 2.05) is 13.8 Å². The molecule has 0 amide bonds. The third-order valence-corrected chi connectivity index (χ3v) is 3.58. The van der Waals surface area contributed by atoms with Gasteiger partial charge in [0.25, 0.3) is 0 Å². The van der Waals surface area contributed by atoms with Gasteiger partial charge in [-0.25, -0.2) is 9.59 Å². The summed E-state index contributed by atoms with van der Waals surface area (Å²) in [7, 11) is 2.69. The quantitative estimate of drug-likeness (QED) is 0.672. The second-order valence-electron chi connectivity index (χ2n) is 5.48. The first-order valence-corrected chi connectivity index (χ1v) is 8.11. The van der Waals surface area contributed by atoms with Crippen LogP contribution in [0.15, 0.2) is 28.9 Å². The Morgan fingerprint density at radius 2 is 1.92 bits per heavy atom. The van der Waals surface area contributed by atoms with Gasteiger partial charge in [-0.15, -0.1) is 0 Å². The number of hydrogen-bond acceptors (Lipinski definition) is 7. The molecular formula is C18H19ClO7. The fraction of sp³-hybridized carbons (Fsp3) is 0.333. The number of carbonyl (C=O) groups is 2. The first kappa shape index (κ1) is 19.7. The number of esters is 2. The van der Waals surface area contributed by atoms with Gasteiger partial charge in [-0.05, 0) is 32.0 Å². The van der Waals surface area contributed by atoms with Crippen LogP contribution in [0.4, 0.5) is 0 Å². The topological polar surface area (TPSA) is 84.2 Å². The molecule has 7 nitrogen and oxygen atoms in total. The Balaban J connectivity index is 2.16. The molecule has 8 heteroatoms. The molecule has 0 bridgehead atoms. The molecule has 0 unspecified atom stereocenters. The maximum absolute atomic E-state index is 12.3. The summed E-state index contributed by atoms with van der Waals surface area (Å²) >= 11 is 6.19. The Morgan fingerprint density at radius 3 is 2.54 bits per heavy atom. The molecule has 0 aliphatic rings. The van der Waals surface area contributed by atoms with Crippen molar-refractivity contribution < 1.29 is 33.0 Å². The van der Waals surface area contributed by atoms with Gasteiger partial charge in [-0.1, -0.05) is 11.6 Å². The van der Waals surface area contributed by atoms with Crippen LogP contribution in [0.1, 0.15) is 40.3 Å². The summed E-state index contributed by atoms with van der Waals surface area (Å²) in [5.74, 6) is -0.396. The molecule has 0 aliphatic carbocycles. The summed E-state index contributed by atoms with van der Waals surface area (Å²) in [5, 5.41) is 0.221. The van der Waals surface area contributed by atoms with Gasteiger partial charge in [0, 0.05) is 0 Å². The molecule has 2 rings (SSSR count). The van der Waals surface area contributed by atoms with Crippen LogP contribution >= 0.6 is 11.6 Å². The van der Waals surface area contributed by atoms with Crippen molar-refractivity contribution in [3.05, 3.63) is 46.4 Å². The molecule has 0 fully saturated rings. The maximum Gasteiger partial charge on any atom is 0.341 e. The maximum atomic E-state index is 12.3. The fourth-order valence-corrected chi connectivity index (χ4v) is 2.40. The summed E-state index contributed by atoms with van der Waals surface area (Å²) < 4.78 is 25.8. The van der Waals surface area contributed by atoms with Crippen molar-refractivity contribution in [1.29, 1.82) is 0 Å². The predicted octanol–water partition coefficient (Wildman–Crippen LogP) is 3.87. The first-order chi connectivity index (χ1) is 12.4. The summed E-state index contributed by atoms with van der Waals surface area (Å²) in [6.45, 7) is 3.46. The third kappa shape index (κ3) is 4.49. The van der Waals surface area contributed by atoms with Crippen LogP contribution in [0, 0.1) is 0 Å². The van der Waals surface area contributed by atoms with Crippen LogP contribution < -0.4 is 9.47 Å². The van der Waals surface area contributed by atoms with Gasteiger partial charge in [0.2, 0.25) is 0 Å². The molecule has 26 heavy (non-hydrogen) atoms. The average molecular weight is 383 g/mol. The van der Waals surface area contributed by atoms with Crippen molar-refractivity contribution in [2.75, 3.05) is 14.2 Å². The van der Waals surface area contributed by atoms with E-state index < -0.39 is 11.9 Å². The molecule has 0 atom stereocenters. The van der Waals surface area contributed by atoms with Crippen molar-refractivity contribution >= 4 is 23.5 Å². The number of ether oxygens (including phenoxy) is 4. The largest absolute Gasteiger partial charge is 0.493 e. The number of benzene rings is 1. The average Bonchev–Trinajstić information content (AvgIpc) is 3.08. The van der Waals surface area contributed by atoms with Crippen LogP contribution in [-0.4, -0.2) is 32.3 Å². The van der Waals surface area contributed by atoms with E-state index in [9.17, 15) is 9.59 Å². The van der Waals surface area contributed by atoms with Crippen LogP contribution in [-0.2, 0) is 16.1 Å². The lowest BCUT2D eigenvalue weighted by Gasteiger charge is -2.16. The van der Waals surface area contributed by atoms with Crippen LogP contribution in [0.2, 0.25) is 5.02 Å². The minimum atomic E-state index is -0.659. The second kappa shape index (κ2) is 8.62. The van der Waals surface area contributed by atoms with Crippen molar-refractivity contribution in [2.45, 2.75) is 26.6 Å². The highest BCUT2D eigenvalue weighted by atomic mass is 35.5. The van der Waals surface area contributed by atoms with Gasteiger partial charge in [-0.3, -0.25) is 0 Å². The lowest BCUT2D eigenvalue weighted by Crippen LogP contribution is -2.10. The van der Waals surface area contributed by atoms with Crippen molar-refractivity contribution in [1.82, 2.24) is 0 Å². The van der Waals surface area contributed by atoms with Gasteiger partial charge in [0.1, 0.15) is 5.56 Å². The summed E-state index contributed by atoms with van der Waals surface area (Å²) in [5.41, 5.74) is 0.366. The van der Waals surface area contributed by atoms with E-state index in [1.165, 1.54) is 38.7 Å². The van der Waals surface area contributed by atoms with E-state index >= 15 is 0 Å². The Bertz CT molecular complexity index is 795. The van der Waals surface area contributed by atoms with E-state index in [-0.39, 0.29) is 34.6 Å². The van der Waals surface area contributed by atoms with Crippen LogP contribution in [0.5, 0.6) is 11.5 Å². The van der Waals surface area contributed by atoms with Crippen molar-refractivity contribution in [2.24, 2.45) is 0 Å². The SMILES string of the molecule is COC(=O)c1ccoc1COC(=O)c1cc(Cl)c(OC(C)C)c(OC)c1.